The highest BCUT2D eigenvalue weighted by molar-refractivity contribution is 7.98. The minimum absolute atomic E-state index is 0.503. The molecule has 1 aromatic carbocycles. The summed E-state index contributed by atoms with van der Waals surface area (Å²) in [5.74, 6) is -1.28. The molecule has 2 amide bonds. The summed E-state index contributed by atoms with van der Waals surface area (Å²) in [5, 5.41) is 3.79. The van der Waals surface area contributed by atoms with Gasteiger partial charge in [0.15, 0.2) is 0 Å². The van der Waals surface area contributed by atoms with Gasteiger partial charge in [-0.2, -0.15) is 5.10 Å². The molecule has 0 radical (unpaired) electrons. The minimum Gasteiger partial charge on any atom is -0.335 e. The Hall–Kier alpha value is -1.82. The van der Waals surface area contributed by atoms with E-state index in [4.69, 9.17) is 0 Å². The van der Waals surface area contributed by atoms with Crippen LogP contribution in [0.25, 0.3) is 0 Å². The Morgan fingerprint density at radius 3 is 2.35 bits per heavy atom. The van der Waals surface area contributed by atoms with Crippen LogP contribution in [0.4, 0.5) is 0 Å². The van der Waals surface area contributed by atoms with Crippen molar-refractivity contribution in [3.05, 3.63) is 29.8 Å². The van der Waals surface area contributed by atoms with E-state index >= 15 is 0 Å². The molecule has 0 atom stereocenters. The van der Waals surface area contributed by atoms with Gasteiger partial charge in [0.05, 0.1) is 6.21 Å². The van der Waals surface area contributed by atoms with Gasteiger partial charge in [0, 0.05) is 18.0 Å². The number of carbonyl (C=O) groups excluding carboxylic acids is 2. The molecule has 0 aliphatic rings. The van der Waals surface area contributed by atoms with E-state index in [1.165, 1.54) is 11.1 Å². The van der Waals surface area contributed by atoms with Crippen molar-refractivity contribution in [1.82, 2.24) is 10.3 Å². The molecule has 0 saturated carbocycles. The van der Waals surface area contributed by atoms with Crippen LogP contribution in [0.2, 0.25) is 0 Å². The summed E-state index contributed by atoms with van der Waals surface area (Å²) in [7, 11) is 0. The smallest absolute Gasteiger partial charge is 0.329 e. The van der Waals surface area contributed by atoms with Crippen molar-refractivity contribution in [3.63, 3.8) is 0 Å². The molecule has 0 saturated heterocycles. The van der Waals surface area contributed by atoms with Crippen molar-refractivity contribution in [2.24, 2.45) is 5.10 Å². The Kier molecular flexibility index (Phi) is 6.79. The molecule has 0 fully saturated rings. The van der Waals surface area contributed by atoms with E-state index in [1.807, 2.05) is 44.4 Å². The Balaban J connectivity index is 2.55. The molecule has 0 aliphatic heterocycles. The average molecular weight is 293 g/mol. The largest absolute Gasteiger partial charge is 0.335 e. The molecule has 0 aromatic heterocycles. The normalized spacial score (nSPS) is 10.6. The molecule has 20 heavy (non-hydrogen) atoms. The van der Waals surface area contributed by atoms with E-state index in [0.29, 0.717) is 13.1 Å². The number of likely N-dealkylation sites (N-methyl/N-ethyl adjacent to an activating group) is 1. The number of nitrogens with zero attached hydrogens (tertiary/aromatic N) is 2. The van der Waals surface area contributed by atoms with Crippen molar-refractivity contribution in [1.29, 1.82) is 0 Å². The third kappa shape index (κ3) is 4.70. The number of hydrazone groups is 1. The number of nitrogens with one attached hydrogen (secondary N) is 1. The van der Waals surface area contributed by atoms with Gasteiger partial charge in [-0.3, -0.25) is 9.59 Å². The van der Waals surface area contributed by atoms with E-state index in [1.54, 1.807) is 11.8 Å². The molecule has 1 rings (SSSR count). The van der Waals surface area contributed by atoms with Gasteiger partial charge in [0.2, 0.25) is 0 Å². The van der Waals surface area contributed by atoms with E-state index in [2.05, 4.69) is 10.5 Å². The van der Waals surface area contributed by atoms with Crippen LogP contribution >= 0.6 is 11.8 Å². The molecule has 5 nitrogen and oxygen atoms in total. The van der Waals surface area contributed by atoms with Gasteiger partial charge in [-0.1, -0.05) is 12.1 Å². The maximum atomic E-state index is 11.7. The first-order valence-electron chi connectivity index (χ1n) is 6.38. The van der Waals surface area contributed by atoms with Crippen LogP contribution in [0.5, 0.6) is 0 Å². The first-order chi connectivity index (χ1) is 9.62. The van der Waals surface area contributed by atoms with Crippen LogP contribution in [0.15, 0.2) is 34.3 Å². The molecular weight excluding hydrogens is 274 g/mol. The number of amides is 2. The Labute approximate surface area is 123 Å². The lowest BCUT2D eigenvalue weighted by Crippen LogP contribution is -2.41. The first kappa shape index (κ1) is 16.2. The highest BCUT2D eigenvalue weighted by atomic mass is 32.2. The molecule has 0 unspecified atom stereocenters. The number of thioether (sulfide) groups is 1. The Morgan fingerprint density at radius 1 is 1.25 bits per heavy atom. The van der Waals surface area contributed by atoms with Crippen LogP contribution in [-0.2, 0) is 9.59 Å². The predicted octanol–water partition coefficient (Wildman–Crippen LogP) is 1.73. The van der Waals surface area contributed by atoms with E-state index in [9.17, 15) is 9.59 Å². The zero-order valence-electron chi connectivity index (χ0n) is 11.9. The van der Waals surface area contributed by atoms with E-state index in [-0.39, 0.29) is 0 Å². The van der Waals surface area contributed by atoms with Gasteiger partial charge in [-0.15, -0.1) is 11.8 Å². The summed E-state index contributed by atoms with van der Waals surface area (Å²) in [6.07, 6.45) is 3.51. The predicted molar refractivity (Wildman–Crippen MR) is 81.9 cm³/mol. The van der Waals surface area contributed by atoms with Gasteiger partial charge < -0.3 is 4.90 Å². The maximum absolute atomic E-state index is 11.7. The number of hydrogen-bond donors (Lipinski definition) is 1. The fourth-order valence-electron chi connectivity index (χ4n) is 1.56. The summed E-state index contributed by atoms with van der Waals surface area (Å²) in [6, 6.07) is 7.73. The van der Waals surface area contributed by atoms with E-state index in [0.717, 1.165) is 10.5 Å². The standard InChI is InChI=1S/C14H19N3O2S/c1-4-17(5-2)14(19)13(18)16-15-10-11-6-8-12(20-3)9-7-11/h6-10H,4-5H2,1-3H3,(H,16,18)/b15-10-. The quantitative estimate of drug-likeness (QED) is 0.389. The molecule has 0 bridgehead atoms. The fraction of sp³-hybridized carbons (Fsp3) is 0.357. The lowest BCUT2D eigenvalue weighted by atomic mass is 10.2. The van der Waals surface area contributed by atoms with Crippen LogP contribution in [0.1, 0.15) is 19.4 Å². The summed E-state index contributed by atoms with van der Waals surface area (Å²) >= 11 is 1.65. The first-order valence-corrected chi connectivity index (χ1v) is 7.61. The molecular formula is C14H19N3O2S. The highest BCUT2D eigenvalue weighted by Gasteiger charge is 2.18. The highest BCUT2D eigenvalue weighted by Crippen LogP contribution is 2.13. The average Bonchev–Trinajstić information content (AvgIpc) is 2.49. The maximum Gasteiger partial charge on any atom is 0.329 e. The molecule has 0 heterocycles. The summed E-state index contributed by atoms with van der Waals surface area (Å²) < 4.78 is 0. The fourth-order valence-corrected chi connectivity index (χ4v) is 1.97. The van der Waals surface area contributed by atoms with Crippen molar-refractivity contribution >= 4 is 29.8 Å². The third-order valence-electron chi connectivity index (χ3n) is 2.74. The van der Waals surface area contributed by atoms with Crippen LogP contribution < -0.4 is 5.43 Å². The molecule has 0 spiro atoms. The number of hydrogen-bond acceptors (Lipinski definition) is 4. The van der Waals surface area contributed by atoms with Crippen LogP contribution in [0, 0.1) is 0 Å². The van der Waals surface area contributed by atoms with Crippen molar-refractivity contribution < 1.29 is 9.59 Å². The summed E-state index contributed by atoms with van der Waals surface area (Å²) in [5.41, 5.74) is 3.10. The van der Waals surface area contributed by atoms with Crippen molar-refractivity contribution in [3.8, 4) is 0 Å². The van der Waals surface area contributed by atoms with Gasteiger partial charge >= 0.3 is 11.8 Å². The molecule has 0 aliphatic carbocycles. The summed E-state index contributed by atoms with van der Waals surface area (Å²) in [6.45, 7) is 4.65. The summed E-state index contributed by atoms with van der Waals surface area (Å²) in [4.78, 5) is 25.8. The number of benzene rings is 1. The minimum atomic E-state index is -0.717. The Morgan fingerprint density at radius 2 is 1.85 bits per heavy atom. The number of carbonyl (C=O) groups is 2. The molecule has 1 aromatic rings. The van der Waals surface area contributed by atoms with Crippen LogP contribution in [-0.4, -0.2) is 42.3 Å². The van der Waals surface area contributed by atoms with Gasteiger partial charge in [0.1, 0.15) is 0 Å². The SMILES string of the molecule is CCN(CC)C(=O)C(=O)N/N=C\c1ccc(SC)cc1. The zero-order chi connectivity index (χ0) is 15.0. The second-order valence-electron chi connectivity index (χ2n) is 3.95. The molecule has 108 valence electrons. The van der Waals surface area contributed by atoms with Gasteiger partial charge in [0.25, 0.3) is 0 Å². The molecule has 1 N–H and O–H groups in total. The second-order valence-corrected chi connectivity index (χ2v) is 4.83. The van der Waals surface area contributed by atoms with E-state index < -0.39 is 11.8 Å². The second kappa shape index (κ2) is 8.37. The lowest BCUT2D eigenvalue weighted by molar-refractivity contribution is -0.145. The number of rotatable bonds is 5. The Bertz CT molecular complexity index is 482. The van der Waals surface area contributed by atoms with Crippen molar-refractivity contribution in [2.45, 2.75) is 18.7 Å². The third-order valence-corrected chi connectivity index (χ3v) is 3.48. The monoisotopic (exact) mass is 293 g/mol. The lowest BCUT2D eigenvalue weighted by Gasteiger charge is -2.16. The zero-order valence-corrected chi connectivity index (χ0v) is 12.7. The van der Waals surface area contributed by atoms with Gasteiger partial charge in [-0.05, 0) is 37.8 Å². The van der Waals surface area contributed by atoms with Crippen LogP contribution in [0.3, 0.4) is 0 Å². The topological polar surface area (TPSA) is 61.8 Å². The molecule has 6 heteroatoms. The van der Waals surface area contributed by atoms with Gasteiger partial charge in [-0.25, -0.2) is 5.43 Å². The van der Waals surface area contributed by atoms with Crippen molar-refractivity contribution in [2.75, 3.05) is 19.3 Å².